The van der Waals surface area contributed by atoms with Gasteiger partial charge in [-0.3, -0.25) is 4.79 Å². The smallest absolute Gasteiger partial charge is 0.250 e. The Morgan fingerprint density at radius 3 is 2.83 bits per heavy atom. The van der Waals surface area contributed by atoms with Gasteiger partial charge in [-0.05, 0) is 55.5 Å². The highest BCUT2D eigenvalue weighted by molar-refractivity contribution is 7.99. The summed E-state index contributed by atoms with van der Waals surface area (Å²) in [6.07, 6.45) is 6.50. The highest BCUT2D eigenvalue weighted by Gasteiger charge is 2.14. The van der Waals surface area contributed by atoms with E-state index in [4.69, 9.17) is 9.15 Å². The Hall–Kier alpha value is -3.33. The van der Waals surface area contributed by atoms with E-state index in [0.717, 1.165) is 17.1 Å². The van der Waals surface area contributed by atoms with E-state index in [1.807, 2.05) is 41.8 Å². The van der Waals surface area contributed by atoms with Gasteiger partial charge < -0.3 is 13.7 Å². The van der Waals surface area contributed by atoms with Crippen LogP contribution in [-0.2, 0) is 11.3 Å². The zero-order valence-corrected chi connectivity index (χ0v) is 16.9. The maximum absolute atomic E-state index is 12.0. The van der Waals surface area contributed by atoms with Gasteiger partial charge in [0.25, 0.3) is 5.91 Å². The van der Waals surface area contributed by atoms with Crippen molar-refractivity contribution in [3.8, 4) is 17.1 Å². The molecule has 2 aromatic heterocycles. The van der Waals surface area contributed by atoms with Crippen molar-refractivity contribution in [2.24, 2.45) is 5.10 Å². The lowest BCUT2D eigenvalue weighted by Gasteiger charge is -2.07. The first-order chi connectivity index (χ1) is 14.2. The number of carbonyl (C=O) groups is 1. The molecule has 0 spiro atoms. The number of nitrogens with zero attached hydrogens (tertiary/aromatic N) is 4. The second-order valence-corrected chi connectivity index (χ2v) is 6.70. The van der Waals surface area contributed by atoms with Gasteiger partial charge in [-0.1, -0.05) is 11.8 Å². The molecule has 3 rings (SSSR count). The number of rotatable bonds is 9. The van der Waals surface area contributed by atoms with Crippen molar-refractivity contribution in [1.82, 2.24) is 20.2 Å². The molecule has 2 heterocycles. The molecule has 1 N–H and O–H groups in total. The summed E-state index contributed by atoms with van der Waals surface area (Å²) in [5.41, 5.74) is 3.41. The van der Waals surface area contributed by atoms with Crippen LogP contribution in [0, 0.1) is 0 Å². The number of methoxy groups -OCH3 is 1. The fourth-order valence-corrected chi connectivity index (χ4v) is 3.27. The minimum absolute atomic E-state index is 0.181. The molecule has 1 amide bonds. The van der Waals surface area contributed by atoms with Crippen LogP contribution in [0.15, 0.2) is 63.4 Å². The molecule has 1 aromatic carbocycles. The summed E-state index contributed by atoms with van der Waals surface area (Å²) < 4.78 is 12.3. The van der Waals surface area contributed by atoms with E-state index in [-0.39, 0.29) is 11.7 Å². The van der Waals surface area contributed by atoms with Crippen LogP contribution in [0.2, 0.25) is 0 Å². The van der Waals surface area contributed by atoms with E-state index in [0.29, 0.717) is 17.5 Å². The molecule has 9 heteroatoms. The van der Waals surface area contributed by atoms with Crippen molar-refractivity contribution >= 4 is 30.0 Å². The van der Waals surface area contributed by atoms with E-state index in [9.17, 15) is 4.79 Å². The number of hydrogen-bond donors (Lipinski definition) is 1. The van der Waals surface area contributed by atoms with Crippen LogP contribution in [-0.4, -0.2) is 39.7 Å². The van der Waals surface area contributed by atoms with Gasteiger partial charge in [-0.25, -0.2) is 5.43 Å². The largest absolute Gasteiger partial charge is 0.497 e. The third kappa shape index (κ3) is 5.58. The lowest BCUT2D eigenvalue weighted by atomic mass is 10.2. The molecule has 29 heavy (non-hydrogen) atoms. The molecule has 3 aromatic rings. The fraction of sp³-hybridized carbons (Fsp3) is 0.200. The van der Waals surface area contributed by atoms with Crippen molar-refractivity contribution in [2.45, 2.75) is 18.6 Å². The molecule has 0 unspecified atom stereocenters. The summed E-state index contributed by atoms with van der Waals surface area (Å²) in [6.45, 7) is 2.70. The Morgan fingerprint density at radius 1 is 1.31 bits per heavy atom. The first-order valence-corrected chi connectivity index (χ1v) is 9.92. The number of benzene rings is 1. The maximum Gasteiger partial charge on any atom is 0.250 e. The van der Waals surface area contributed by atoms with Gasteiger partial charge in [0.05, 0.1) is 19.1 Å². The van der Waals surface area contributed by atoms with Crippen LogP contribution in [0.3, 0.4) is 0 Å². The summed E-state index contributed by atoms with van der Waals surface area (Å²) in [5.74, 6) is 2.19. The number of hydrazone groups is 1. The first kappa shape index (κ1) is 20.4. The molecule has 150 valence electrons. The lowest BCUT2D eigenvalue weighted by Crippen LogP contribution is -2.19. The average molecular weight is 411 g/mol. The Balaban J connectivity index is 1.54. The Kier molecular flexibility index (Phi) is 7.23. The quantitative estimate of drug-likeness (QED) is 0.329. The second kappa shape index (κ2) is 10.3. The SMILES string of the molecule is CCn1c(SCC(=O)N/N=C/C=C\c2ccco2)nnc1-c1ccc(OC)cc1. The van der Waals surface area contributed by atoms with Gasteiger partial charge in [-0.15, -0.1) is 10.2 Å². The average Bonchev–Trinajstić information content (AvgIpc) is 3.41. The minimum Gasteiger partial charge on any atom is -0.497 e. The highest BCUT2D eigenvalue weighted by Crippen LogP contribution is 2.25. The van der Waals surface area contributed by atoms with E-state index in [1.54, 1.807) is 31.6 Å². The molecule has 0 aliphatic heterocycles. The lowest BCUT2D eigenvalue weighted by molar-refractivity contribution is -0.118. The second-order valence-electron chi connectivity index (χ2n) is 5.76. The van der Waals surface area contributed by atoms with E-state index in [2.05, 4.69) is 20.7 Å². The standard InChI is InChI=1S/C20H21N5O3S/c1-3-25-19(15-8-10-16(27-2)11-9-15)23-24-20(25)29-14-18(26)22-21-12-4-6-17-7-5-13-28-17/h4-13H,3,14H2,1-2H3,(H,22,26)/b6-4-,21-12+. The number of aromatic nitrogens is 3. The number of hydrogen-bond acceptors (Lipinski definition) is 7. The number of furan rings is 1. The molecular weight excluding hydrogens is 390 g/mol. The zero-order valence-electron chi connectivity index (χ0n) is 16.1. The molecule has 0 atom stereocenters. The monoisotopic (exact) mass is 411 g/mol. The molecule has 8 nitrogen and oxygen atoms in total. The molecule has 0 saturated heterocycles. The van der Waals surface area contributed by atoms with Crippen LogP contribution >= 0.6 is 11.8 Å². The Morgan fingerprint density at radius 2 is 2.14 bits per heavy atom. The van der Waals surface area contributed by atoms with Gasteiger partial charge in [-0.2, -0.15) is 5.10 Å². The molecule has 0 bridgehead atoms. The van der Waals surface area contributed by atoms with Gasteiger partial charge in [0.1, 0.15) is 11.5 Å². The predicted octanol–water partition coefficient (Wildman–Crippen LogP) is 3.47. The van der Waals surface area contributed by atoms with Crippen molar-refractivity contribution < 1.29 is 13.9 Å². The molecule has 0 saturated carbocycles. The third-order valence-electron chi connectivity index (χ3n) is 3.87. The number of allylic oxidation sites excluding steroid dienone is 1. The summed E-state index contributed by atoms with van der Waals surface area (Å²) in [4.78, 5) is 12.0. The third-order valence-corrected chi connectivity index (χ3v) is 4.83. The number of thioether (sulfide) groups is 1. The van der Waals surface area contributed by atoms with E-state index >= 15 is 0 Å². The minimum atomic E-state index is -0.228. The molecule has 0 aliphatic rings. The maximum atomic E-state index is 12.0. The van der Waals surface area contributed by atoms with Crippen LogP contribution in [0.1, 0.15) is 12.7 Å². The molecule has 0 radical (unpaired) electrons. The van der Waals surface area contributed by atoms with E-state index in [1.165, 1.54) is 18.0 Å². The number of ether oxygens (including phenoxy) is 1. The normalized spacial score (nSPS) is 11.4. The van der Waals surface area contributed by atoms with Gasteiger partial charge in [0.15, 0.2) is 11.0 Å². The van der Waals surface area contributed by atoms with Crippen LogP contribution in [0.4, 0.5) is 0 Å². The van der Waals surface area contributed by atoms with Crippen molar-refractivity contribution in [2.75, 3.05) is 12.9 Å². The topological polar surface area (TPSA) is 94.5 Å². The van der Waals surface area contributed by atoms with Crippen LogP contribution in [0.5, 0.6) is 5.75 Å². The van der Waals surface area contributed by atoms with Crippen LogP contribution in [0.25, 0.3) is 17.5 Å². The van der Waals surface area contributed by atoms with Gasteiger partial charge >= 0.3 is 0 Å². The predicted molar refractivity (Wildman–Crippen MR) is 113 cm³/mol. The molecular formula is C20H21N5O3S. The van der Waals surface area contributed by atoms with Gasteiger partial charge in [0, 0.05) is 18.3 Å². The number of amides is 1. The fourth-order valence-electron chi connectivity index (χ4n) is 2.47. The Bertz CT molecular complexity index is 978. The summed E-state index contributed by atoms with van der Waals surface area (Å²) in [5, 5.41) is 13.0. The summed E-state index contributed by atoms with van der Waals surface area (Å²) >= 11 is 1.31. The van der Waals surface area contributed by atoms with Gasteiger partial charge in [0.2, 0.25) is 0 Å². The summed E-state index contributed by atoms with van der Waals surface area (Å²) in [6, 6.07) is 11.2. The Labute approximate surface area is 172 Å². The highest BCUT2D eigenvalue weighted by atomic mass is 32.2. The molecule has 0 fully saturated rings. The summed E-state index contributed by atoms with van der Waals surface area (Å²) in [7, 11) is 1.63. The van der Waals surface area contributed by atoms with Crippen molar-refractivity contribution in [1.29, 1.82) is 0 Å². The number of carbonyl (C=O) groups excluding carboxylic acids is 1. The van der Waals surface area contributed by atoms with Crippen molar-refractivity contribution in [3.63, 3.8) is 0 Å². The first-order valence-electron chi connectivity index (χ1n) is 8.93. The zero-order chi connectivity index (χ0) is 20.5. The van der Waals surface area contributed by atoms with Crippen LogP contribution < -0.4 is 10.2 Å². The number of nitrogens with one attached hydrogen (secondary N) is 1. The van der Waals surface area contributed by atoms with Crippen molar-refractivity contribution in [3.05, 3.63) is 54.5 Å². The van der Waals surface area contributed by atoms with E-state index < -0.39 is 0 Å². The molecule has 0 aliphatic carbocycles.